The fourth-order valence-electron chi connectivity index (χ4n) is 1.97. The predicted molar refractivity (Wildman–Crippen MR) is 46.0 cm³/mol. The van der Waals surface area contributed by atoms with Crippen molar-refractivity contribution in [3.63, 3.8) is 0 Å². The van der Waals surface area contributed by atoms with Crippen LogP contribution in [0.1, 0.15) is 51.9 Å². The van der Waals surface area contributed by atoms with E-state index in [1.54, 1.807) is 0 Å². The molecule has 2 unspecified atom stereocenters. The summed E-state index contributed by atoms with van der Waals surface area (Å²) in [5.41, 5.74) is 0. The Morgan fingerprint density at radius 3 is 2.64 bits per heavy atom. The lowest BCUT2D eigenvalue weighted by atomic mass is 9.83. The van der Waals surface area contributed by atoms with Gasteiger partial charge in [-0.25, -0.2) is 5.11 Å². The quantitative estimate of drug-likeness (QED) is 0.596. The van der Waals surface area contributed by atoms with Crippen LogP contribution < -0.4 is 0 Å². The Labute approximate surface area is 69.8 Å². The van der Waals surface area contributed by atoms with Crippen molar-refractivity contribution in [2.75, 3.05) is 0 Å². The van der Waals surface area contributed by atoms with Crippen molar-refractivity contribution in [3.05, 3.63) is 0 Å². The Balaban J connectivity index is 2.18. The highest BCUT2D eigenvalue weighted by Gasteiger charge is 2.23. The van der Waals surface area contributed by atoms with Crippen LogP contribution in [0, 0.1) is 5.92 Å². The van der Waals surface area contributed by atoms with Crippen LogP contribution in [0.4, 0.5) is 0 Å². The Morgan fingerprint density at radius 1 is 1.27 bits per heavy atom. The van der Waals surface area contributed by atoms with Crippen molar-refractivity contribution < 1.29 is 5.11 Å². The minimum Gasteiger partial charge on any atom is -0.233 e. The Hall–Kier alpha value is -0.0400. The molecule has 0 N–H and O–H groups in total. The van der Waals surface area contributed by atoms with Gasteiger partial charge in [0.1, 0.15) is 0 Å². The lowest BCUT2D eigenvalue weighted by Gasteiger charge is -2.25. The van der Waals surface area contributed by atoms with Crippen LogP contribution in [0.2, 0.25) is 0 Å². The molecule has 65 valence electrons. The van der Waals surface area contributed by atoms with E-state index >= 15 is 0 Å². The normalized spacial score (nSPS) is 32.2. The average molecular weight is 155 g/mol. The van der Waals surface area contributed by atoms with Crippen molar-refractivity contribution in [2.24, 2.45) is 5.92 Å². The van der Waals surface area contributed by atoms with Gasteiger partial charge in [0, 0.05) is 0 Å². The fraction of sp³-hybridized carbons (Fsp3) is 1.00. The number of unbranched alkanes of at least 4 members (excludes halogenated alkanes) is 1. The van der Waals surface area contributed by atoms with Crippen LogP contribution in [0.5, 0.6) is 0 Å². The molecule has 2 atom stereocenters. The minimum atomic E-state index is -0.227. The molecular weight excluding hydrogens is 136 g/mol. The first-order valence-corrected chi connectivity index (χ1v) is 5.00. The van der Waals surface area contributed by atoms with E-state index in [1.807, 2.05) is 0 Å². The molecule has 0 aromatic carbocycles. The van der Waals surface area contributed by atoms with Crippen LogP contribution in [0.3, 0.4) is 0 Å². The SMILES string of the molecule is CCCCC1CCCCC1[O]. The molecule has 1 saturated carbocycles. The Bertz CT molecular complexity index is 101. The zero-order valence-corrected chi connectivity index (χ0v) is 7.51. The molecule has 0 aromatic heterocycles. The molecule has 0 saturated heterocycles. The van der Waals surface area contributed by atoms with E-state index in [0.717, 1.165) is 6.42 Å². The maximum atomic E-state index is 11.4. The molecule has 1 fully saturated rings. The molecule has 1 nitrogen and oxygen atoms in total. The molecule has 0 heterocycles. The summed E-state index contributed by atoms with van der Waals surface area (Å²) in [6.07, 6.45) is 8.07. The molecule has 1 heteroatoms. The summed E-state index contributed by atoms with van der Waals surface area (Å²) in [4.78, 5) is 0. The standard InChI is InChI=1S/C10H19O/c1-2-3-6-9-7-4-5-8-10(9)11/h9-10H,2-8H2,1H3. The molecule has 0 amide bonds. The highest BCUT2D eigenvalue weighted by Crippen LogP contribution is 2.28. The Morgan fingerprint density at radius 2 is 2.00 bits per heavy atom. The second-order valence-corrected chi connectivity index (χ2v) is 3.73. The third-order valence-electron chi connectivity index (χ3n) is 2.77. The van der Waals surface area contributed by atoms with Gasteiger partial charge in [-0.05, 0) is 25.2 Å². The summed E-state index contributed by atoms with van der Waals surface area (Å²) >= 11 is 0. The van der Waals surface area contributed by atoms with Crippen LogP contribution in [-0.2, 0) is 5.11 Å². The lowest BCUT2D eigenvalue weighted by molar-refractivity contribution is 0.00426. The summed E-state index contributed by atoms with van der Waals surface area (Å²) in [7, 11) is 0. The highest BCUT2D eigenvalue weighted by molar-refractivity contribution is 4.73. The van der Waals surface area contributed by atoms with Crippen molar-refractivity contribution in [2.45, 2.75) is 58.0 Å². The van der Waals surface area contributed by atoms with Crippen LogP contribution in [-0.4, -0.2) is 6.10 Å². The second-order valence-electron chi connectivity index (χ2n) is 3.73. The fourth-order valence-corrected chi connectivity index (χ4v) is 1.97. The van der Waals surface area contributed by atoms with Gasteiger partial charge in [0.25, 0.3) is 0 Å². The van der Waals surface area contributed by atoms with E-state index in [4.69, 9.17) is 0 Å². The first-order chi connectivity index (χ1) is 5.34. The van der Waals surface area contributed by atoms with Crippen molar-refractivity contribution in [3.8, 4) is 0 Å². The van der Waals surface area contributed by atoms with E-state index in [-0.39, 0.29) is 6.10 Å². The second kappa shape index (κ2) is 4.76. The van der Waals surface area contributed by atoms with Gasteiger partial charge in [-0.2, -0.15) is 0 Å². The third kappa shape index (κ3) is 2.82. The van der Waals surface area contributed by atoms with Gasteiger partial charge >= 0.3 is 0 Å². The summed E-state index contributed by atoms with van der Waals surface area (Å²) in [5, 5.41) is 11.4. The van der Waals surface area contributed by atoms with Gasteiger partial charge in [-0.15, -0.1) is 0 Å². The number of hydrogen-bond donors (Lipinski definition) is 0. The van der Waals surface area contributed by atoms with Gasteiger partial charge in [0.15, 0.2) is 0 Å². The largest absolute Gasteiger partial charge is 0.233 e. The smallest absolute Gasteiger partial charge is 0.0958 e. The van der Waals surface area contributed by atoms with Crippen molar-refractivity contribution in [1.29, 1.82) is 0 Å². The van der Waals surface area contributed by atoms with Crippen LogP contribution >= 0.6 is 0 Å². The monoisotopic (exact) mass is 155 g/mol. The molecule has 0 aliphatic heterocycles. The van der Waals surface area contributed by atoms with Gasteiger partial charge in [-0.3, -0.25) is 0 Å². The van der Waals surface area contributed by atoms with Crippen LogP contribution in [0.25, 0.3) is 0 Å². The predicted octanol–water partition coefficient (Wildman–Crippen LogP) is 3.17. The number of rotatable bonds is 3. The maximum absolute atomic E-state index is 11.4. The van der Waals surface area contributed by atoms with Gasteiger partial charge in [0.2, 0.25) is 0 Å². The number of hydrogen-bond acceptors (Lipinski definition) is 0. The third-order valence-corrected chi connectivity index (χ3v) is 2.77. The van der Waals surface area contributed by atoms with E-state index in [0.29, 0.717) is 5.92 Å². The highest BCUT2D eigenvalue weighted by atomic mass is 16.3. The zero-order valence-electron chi connectivity index (χ0n) is 7.51. The van der Waals surface area contributed by atoms with Crippen molar-refractivity contribution >= 4 is 0 Å². The van der Waals surface area contributed by atoms with E-state index < -0.39 is 0 Å². The van der Waals surface area contributed by atoms with Gasteiger partial charge < -0.3 is 0 Å². The first kappa shape index (κ1) is 9.05. The average Bonchev–Trinajstić information content (AvgIpc) is 2.03. The maximum Gasteiger partial charge on any atom is 0.0958 e. The summed E-state index contributed by atoms with van der Waals surface area (Å²) in [6.45, 7) is 2.20. The Kier molecular flexibility index (Phi) is 3.92. The van der Waals surface area contributed by atoms with Gasteiger partial charge in [0.05, 0.1) is 6.10 Å². The molecule has 1 aliphatic carbocycles. The molecule has 11 heavy (non-hydrogen) atoms. The van der Waals surface area contributed by atoms with E-state index in [9.17, 15) is 5.11 Å². The minimum absolute atomic E-state index is 0.227. The molecule has 1 radical (unpaired) electrons. The topological polar surface area (TPSA) is 19.9 Å². The molecule has 0 bridgehead atoms. The lowest BCUT2D eigenvalue weighted by Crippen LogP contribution is -2.22. The molecule has 0 spiro atoms. The first-order valence-electron chi connectivity index (χ1n) is 5.00. The summed E-state index contributed by atoms with van der Waals surface area (Å²) in [6, 6.07) is 0. The summed E-state index contributed by atoms with van der Waals surface area (Å²) < 4.78 is 0. The zero-order chi connectivity index (χ0) is 8.10. The molecule has 1 rings (SSSR count). The molecular formula is C10H19O. The van der Waals surface area contributed by atoms with E-state index in [1.165, 1.54) is 38.5 Å². The molecule has 1 aliphatic rings. The van der Waals surface area contributed by atoms with Crippen molar-refractivity contribution in [1.82, 2.24) is 0 Å². The van der Waals surface area contributed by atoms with Crippen LogP contribution in [0.15, 0.2) is 0 Å². The van der Waals surface area contributed by atoms with Gasteiger partial charge in [-0.1, -0.05) is 32.6 Å². The molecule has 0 aromatic rings. The summed E-state index contributed by atoms with van der Waals surface area (Å²) in [5.74, 6) is 0.517. The van der Waals surface area contributed by atoms with E-state index in [2.05, 4.69) is 6.92 Å².